The molecule has 0 fully saturated rings. The summed E-state index contributed by atoms with van der Waals surface area (Å²) in [5, 5.41) is 19.9. The lowest BCUT2D eigenvalue weighted by molar-refractivity contribution is -0.145. The number of unbranched alkanes of at least 4 members (excludes halogenated alkanes) is 1. The molecule has 39 heavy (non-hydrogen) atoms. The highest BCUT2D eigenvalue weighted by molar-refractivity contribution is 7.12. The number of aromatic nitrogens is 2. The molecule has 0 aliphatic carbocycles. The van der Waals surface area contributed by atoms with Gasteiger partial charge >= 0.3 is 5.97 Å². The van der Waals surface area contributed by atoms with E-state index < -0.39 is 17.9 Å². The van der Waals surface area contributed by atoms with E-state index in [0.29, 0.717) is 35.2 Å². The molecule has 0 aliphatic rings. The van der Waals surface area contributed by atoms with E-state index in [0.717, 1.165) is 24.8 Å². The largest absolute Gasteiger partial charge is 0.508 e. The van der Waals surface area contributed by atoms with Crippen LogP contribution in [0.5, 0.6) is 5.75 Å². The first kappa shape index (κ1) is 29.6. The average molecular weight is 554 g/mol. The van der Waals surface area contributed by atoms with Crippen molar-refractivity contribution in [1.29, 1.82) is 0 Å². The maximum Gasteiger partial charge on any atom is 0.330 e. The summed E-state index contributed by atoms with van der Waals surface area (Å²) in [4.78, 5) is 47.7. The number of anilines is 1. The Morgan fingerprint density at radius 3 is 2.49 bits per heavy atom. The first-order valence-corrected chi connectivity index (χ1v) is 13.8. The summed E-state index contributed by atoms with van der Waals surface area (Å²) >= 11 is 1.28. The van der Waals surface area contributed by atoms with Crippen molar-refractivity contribution in [2.75, 3.05) is 25.0 Å². The molecule has 10 nitrogen and oxygen atoms in total. The monoisotopic (exact) mass is 553 g/mol. The van der Waals surface area contributed by atoms with Crippen molar-refractivity contribution in [3.8, 4) is 5.75 Å². The molecule has 0 spiro atoms. The quantitative estimate of drug-likeness (QED) is 0.175. The summed E-state index contributed by atoms with van der Waals surface area (Å²) in [7, 11) is 0. The van der Waals surface area contributed by atoms with E-state index >= 15 is 0 Å². The third-order valence-corrected chi connectivity index (χ3v) is 6.75. The van der Waals surface area contributed by atoms with E-state index in [-0.39, 0.29) is 30.4 Å². The average Bonchev–Trinajstić information content (AvgIpc) is 3.44. The van der Waals surface area contributed by atoms with Crippen LogP contribution in [0.4, 0.5) is 5.95 Å². The number of amides is 2. The van der Waals surface area contributed by atoms with E-state index in [1.165, 1.54) is 11.3 Å². The molecule has 0 saturated carbocycles. The zero-order valence-corrected chi connectivity index (χ0v) is 23.3. The fraction of sp³-hybridized carbons (Fsp3) is 0.393. The number of nitrogens with zero attached hydrogens (tertiary/aromatic N) is 2. The molecule has 208 valence electrons. The van der Waals surface area contributed by atoms with Crippen LogP contribution >= 0.6 is 11.3 Å². The number of esters is 1. The van der Waals surface area contributed by atoms with Gasteiger partial charge in [-0.1, -0.05) is 31.5 Å². The molecular formula is C28H35N5O5S. The fourth-order valence-electron chi connectivity index (χ4n) is 3.86. The first-order chi connectivity index (χ1) is 18.8. The van der Waals surface area contributed by atoms with Crippen LogP contribution < -0.4 is 16.0 Å². The smallest absolute Gasteiger partial charge is 0.330 e. The topological polar surface area (TPSA) is 143 Å². The SMILES string of the molecule is CCCCOC(=O)C(CNC(=O)c1cccs1)NC(=O)c1c(C)nc(NCCCc2cccc(O)c2)nc1C. The second-order valence-corrected chi connectivity index (χ2v) is 9.98. The molecule has 2 aromatic heterocycles. The Labute approximate surface area is 232 Å². The molecule has 0 bridgehead atoms. The second-order valence-electron chi connectivity index (χ2n) is 9.03. The number of ether oxygens (including phenoxy) is 1. The van der Waals surface area contributed by atoms with Gasteiger partial charge in [0, 0.05) is 13.1 Å². The fourth-order valence-corrected chi connectivity index (χ4v) is 4.50. The Bertz CT molecular complexity index is 1240. The molecule has 1 atom stereocenters. The van der Waals surface area contributed by atoms with Gasteiger partial charge in [-0.3, -0.25) is 9.59 Å². The highest BCUT2D eigenvalue weighted by Crippen LogP contribution is 2.15. The summed E-state index contributed by atoms with van der Waals surface area (Å²) in [5.41, 5.74) is 2.20. The molecule has 1 aromatic carbocycles. The van der Waals surface area contributed by atoms with Gasteiger partial charge in [-0.15, -0.1) is 11.3 Å². The number of phenols is 1. The number of phenolic OH excluding ortho intramolecular Hbond substituents is 1. The summed E-state index contributed by atoms with van der Waals surface area (Å²) < 4.78 is 5.32. The number of carbonyl (C=O) groups is 3. The number of thiophene rings is 1. The van der Waals surface area contributed by atoms with E-state index in [1.54, 1.807) is 43.5 Å². The zero-order chi connectivity index (χ0) is 28.2. The minimum absolute atomic E-state index is 0.120. The van der Waals surface area contributed by atoms with Crippen molar-refractivity contribution in [3.05, 3.63) is 69.2 Å². The number of aromatic hydroxyl groups is 1. The normalized spacial score (nSPS) is 11.5. The highest BCUT2D eigenvalue weighted by atomic mass is 32.1. The Kier molecular flexibility index (Phi) is 11.2. The summed E-state index contributed by atoms with van der Waals surface area (Å²) in [5.74, 6) is -0.838. The van der Waals surface area contributed by atoms with Crippen molar-refractivity contribution >= 4 is 35.1 Å². The lowest BCUT2D eigenvalue weighted by Gasteiger charge is -2.19. The molecule has 3 aromatic rings. The number of hydrogen-bond donors (Lipinski definition) is 4. The van der Waals surface area contributed by atoms with Crippen LogP contribution in [0.1, 0.15) is 63.2 Å². The number of aryl methyl sites for hydroxylation is 3. The molecule has 0 aliphatic heterocycles. The molecule has 4 N–H and O–H groups in total. The van der Waals surface area contributed by atoms with Gasteiger partial charge in [-0.25, -0.2) is 14.8 Å². The number of nitrogens with one attached hydrogen (secondary N) is 3. The van der Waals surface area contributed by atoms with Crippen LogP contribution in [0.25, 0.3) is 0 Å². The van der Waals surface area contributed by atoms with Gasteiger partial charge in [0.25, 0.3) is 11.8 Å². The molecular weight excluding hydrogens is 518 g/mol. The minimum Gasteiger partial charge on any atom is -0.508 e. The summed E-state index contributed by atoms with van der Waals surface area (Å²) in [6, 6.07) is 9.50. The molecule has 11 heteroatoms. The van der Waals surface area contributed by atoms with Gasteiger partial charge in [-0.2, -0.15) is 0 Å². The van der Waals surface area contributed by atoms with Crippen LogP contribution in [0, 0.1) is 13.8 Å². The Morgan fingerprint density at radius 1 is 1.05 bits per heavy atom. The van der Waals surface area contributed by atoms with Crippen LogP contribution in [0.15, 0.2) is 41.8 Å². The number of benzene rings is 1. The van der Waals surface area contributed by atoms with Gasteiger partial charge in [-0.05, 0) is 62.3 Å². The Hall–Kier alpha value is -3.99. The molecule has 2 amide bonds. The minimum atomic E-state index is -1.08. The van der Waals surface area contributed by atoms with Crippen LogP contribution in [-0.2, 0) is 16.0 Å². The first-order valence-electron chi connectivity index (χ1n) is 12.9. The lowest BCUT2D eigenvalue weighted by atomic mass is 10.1. The molecule has 3 rings (SSSR count). The van der Waals surface area contributed by atoms with E-state index in [1.807, 2.05) is 19.1 Å². The van der Waals surface area contributed by atoms with Crippen molar-refractivity contribution in [2.45, 2.75) is 52.5 Å². The molecule has 1 unspecified atom stereocenters. The Balaban J connectivity index is 1.62. The number of carbonyl (C=O) groups excluding carboxylic acids is 3. The summed E-state index contributed by atoms with van der Waals surface area (Å²) in [6.45, 7) is 6.10. The van der Waals surface area contributed by atoms with E-state index in [4.69, 9.17) is 4.74 Å². The molecule has 0 saturated heterocycles. The van der Waals surface area contributed by atoms with Crippen molar-refractivity contribution < 1.29 is 24.2 Å². The van der Waals surface area contributed by atoms with Gasteiger partial charge in [0.05, 0.1) is 28.4 Å². The maximum atomic E-state index is 13.2. The third kappa shape index (κ3) is 9.06. The second kappa shape index (κ2) is 14.8. The summed E-state index contributed by atoms with van der Waals surface area (Å²) in [6.07, 6.45) is 3.12. The number of hydrogen-bond acceptors (Lipinski definition) is 9. The predicted molar refractivity (Wildman–Crippen MR) is 150 cm³/mol. The molecule has 0 radical (unpaired) electrons. The van der Waals surface area contributed by atoms with Crippen LogP contribution in [-0.4, -0.2) is 58.6 Å². The van der Waals surface area contributed by atoms with Gasteiger partial charge < -0.3 is 25.8 Å². The third-order valence-electron chi connectivity index (χ3n) is 5.88. The maximum absolute atomic E-state index is 13.2. The lowest BCUT2D eigenvalue weighted by Crippen LogP contribution is -2.49. The van der Waals surface area contributed by atoms with Gasteiger partial charge in [0.2, 0.25) is 5.95 Å². The number of rotatable bonds is 14. The Morgan fingerprint density at radius 2 is 1.82 bits per heavy atom. The van der Waals surface area contributed by atoms with Crippen LogP contribution in [0.2, 0.25) is 0 Å². The van der Waals surface area contributed by atoms with Crippen LogP contribution in [0.3, 0.4) is 0 Å². The van der Waals surface area contributed by atoms with E-state index in [2.05, 4.69) is 25.9 Å². The van der Waals surface area contributed by atoms with Gasteiger partial charge in [0.15, 0.2) is 0 Å². The van der Waals surface area contributed by atoms with Crippen molar-refractivity contribution in [3.63, 3.8) is 0 Å². The van der Waals surface area contributed by atoms with E-state index in [9.17, 15) is 19.5 Å². The van der Waals surface area contributed by atoms with Crippen molar-refractivity contribution in [2.24, 2.45) is 0 Å². The van der Waals surface area contributed by atoms with Gasteiger partial charge in [0.1, 0.15) is 11.8 Å². The zero-order valence-electron chi connectivity index (χ0n) is 22.5. The predicted octanol–water partition coefficient (Wildman–Crippen LogP) is 3.78. The standard InChI is InChI=1S/C28H35N5O5S/c1-4-5-14-38-27(37)22(17-30-25(35)23-12-8-15-39-23)33-26(36)24-18(2)31-28(32-19(24)3)29-13-7-10-20-9-6-11-21(34)16-20/h6,8-9,11-12,15-16,22,34H,4-5,7,10,13-14,17H2,1-3H3,(H,30,35)(H,33,36)(H,29,31,32). The van der Waals surface area contributed by atoms with Crippen molar-refractivity contribution in [1.82, 2.24) is 20.6 Å². The highest BCUT2D eigenvalue weighted by Gasteiger charge is 2.26. The molecule has 2 heterocycles.